The Morgan fingerprint density at radius 2 is 2.12 bits per heavy atom. The summed E-state index contributed by atoms with van der Waals surface area (Å²) in [6.07, 6.45) is 2.08. The molecule has 0 fully saturated rings. The highest BCUT2D eigenvalue weighted by Gasteiger charge is 2.05. The number of nitrogens with one attached hydrogen (secondary N) is 1. The molecule has 0 bridgehead atoms. The first-order chi connectivity index (χ1) is 8.10. The molecule has 0 aliphatic rings. The third-order valence-corrected chi connectivity index (χ3v) is 4.03. The van der Waals surface area contributed by atoms with Gasteiger partial charge in [-0.2, -0.15) is 0 Å². The van der Waals surface area contributed by atoms with E-state index in [2.05, 4.69) is 47.9 Å². The van der Waals surface area contributed by atoms with E-state index in [0.717, 1.165) is 24.7 Å². The molecule has 1 N–H and O–H groups in total. The first-order valence-corrected chi connectivity index (χ1v) is 6.75. The Labute approximate surface area is 107 Å². The Balaban J connectivity index is 2.06. The molecule has 4 heteroatoms. The van der Waals surface area contributed by atoms with Crippen molar-refractivity contribution in [3.63, 3.8) is 0 Å². The molecule has 2 heterocycles. The fraction of sp³-hybridized carbons (Fsp3) is 0.462. The van der Waals surface area contributed by atoms with E-state index in [9.17, 15) is 0 Å². The van der Waals surface area contributed by atoms with Gasteiger partial charge in [0.15, 0.2) is 0 Å². The lowest BCUT2D eigenvalue weighted by molar-refractivity contribution is 0.763. The molecule has 2 rings (SSSR count). The number of nitrogens with zero attached hydrogens (tertiary/aromatic N) is 2. The third-order valence-electron chi connectivity index (χ3n) is 2.88. The predicted octanol–water partition coefficient (Wildman–Crippen LogP) is 3.50. The molecule has 2 aromatic heterocycles. The van der Waals surface area contributed by atoms with E-state index in [0.29, 0.717) is 0 Å². The molecule has 17 heavy (non-hydrogen) atoms. The second kappa shape index (κ2) is 4.92. The summed E-state index contributed by atoms with van der Waals surface area (Å²) >= 11 is 1.85. The molecule has 2 aromatic rings. The summed E-state index contributed by atoms with van der Waals surface area (Å²) in [6.45, 7) is 10.3. The van der Waals surface area contributed by atoms with Crippen LogP contribution in [0, 0.1) is 20.8 Å². The van der Waals surface area contributed by atoms with Crippen LogP contribution in [0.5, 0.6) is 0 Å². The maximum Gasteiger partial charge on any atom is 0.203 e. The van der Waals surface area contributed by atoms with Gasteiger partial charge in [-0.25, -0.2) is 4.98 Å². The third kappa shape index (κ3) is 2.69. The van der Waals surface area contributed by atoms with Crippen LogP contribution >= 0.6 is 11.3 Å². The van der Waals surface area contributed by atoms with Gasteiger partial charge in [0.2, 0.25) is 5.95 Å². The fourth-order valence-electron chi connectivity index (χ4n) is 1.83. The summed E-state index contributed by atoms with van der Waals surface area (Å²) in [7, 11) is 0. The van der Waals surface area contributed by atoms with Crippen LogP contribution in [0.15, 0.2) is 12.3 Å². The van der Waals surface area contributed by atoms with Crippen molar-refractivity contribution in [3.8, 4) is 0 Å². The molecule has 3 nitrogen and oxygen atoms in total. The normalized spacial score (nSPS) is 10.8. The van der Waals surface area contributed by atoms with Gasteiger partial charge < -0.3 is 9.88 Å². The van der Waals surface area contributed by atoms with Crippen molar-refractivity contribution >= 4 is 17.3 Å². The smallest absolute Gasteiger partial charge is 0.203 e. The molecular weight excluding hydrogens is 230 g/mol. The molecule has 92 valence electrons. The molecule has 0 spiro atoms. The first-order valence-electron chi connectivity index (χ1n) is 5.93. The van der Waals surface area contributed by atoms with Crippen molar-refractivity contribution < 1.29 is 0 Å². The van der Waals surface area contributed by atoms with Gasteiger partial charge in [0.1, 0.15) is 0 Å². The highest BCUT2D eigenvalue weighted by atomic mass is 32.1. The molecule has 0 aromatic carbocycles. The number of hydrogen-bond acceptors (Lipinski definition) is 3. The van der Waals surface area contributed by atoms with Crippen LogP contribution in [0.3, 0.4) is 0 Å². The largest absolute Gasteiger partial charge is 0.351 e. The molecule has 0 saturated carbocycles. The SMILES string of the molecule is CCn1cc(C)nc1NCc1cc(C)c(C)s1. The zero-order chi connectivity index (χ0) is 12.4. The number of rotatable bonds is 4. The van der Waals surface area contributed by atoms with Crippen LogP contribution in [-0.2, 0) is 13.1 Å². The second-order valence-electron chi connectivity index (χ2n) is 4.30. The summed E-state index contributed by atoms with van der Waals surface area (Å²) in [4.78, 5) is 7.25. The number of thiophene rings is 1. The molecule has 0 aliphatic heterocycles. The summed E-state index contributed by atoms with van der Waals surface area (Å²) in [5.74, 6) is 0.966. The topological polar surface area (TPSA) is 29.9 Å². The van der Waals surface area contributed by atoms with Gasteiger partial charge in [-0.3, -0.25) is 0 Å². The quantitative estimate of drug-likeness (QED) is 0.898. The minimum Gasteiger partial charge on any atom is -0.351 e. The summed E-state index contributed by atoms with van der Waals surface area (Å²) in [5, 5.41) is 3.40. The van der Waals surface area contributed by atoms with Gasteiger partial charge in [-0.1, -0.05) is 0 Å². The number of aryl methyl sites for hydroxylation is 4. The van der Waals surface area contributed by atoms with Gasteiger partial charge in [-0.15, -0.1) is 11.3 Å². The van der Waals surface area contributed by atoms with Crippen LogP contribution in [0.4, 0.5) is 5.95 Å². The van der Waals surface area contributed by atoms with E-state index in [1.165, 1.54) is 15.3 Å². The van der Waals surface area contributed by atoms with E-state index >= 15 is 0 Å². The molecule has 0 saturated heterocycles. The maximum atomic E-state index is 4.48. The number of anilines is 1. The second-order valence-corrected chi connectivity index (χ2v) is 5.64. The standard InChI is InChI=1S/C13H19N3S/c1-5-16-8-10(3)15-13(16)14-7-12-6-9(2)11(4)17-12/h6,8H,5,7H2,1-4H3,(H,14,15). The van der Waals surface area contributed by atoms with Crippen molar-refractivity contribution in [2.24, 2.45) is 0 Å². The number of hydrogen-bond donors (Lipinski definition) is 1. The monoisotopic (exact) mass is 249 g/mol. The minimum absolute atomic E-state index is 0.857. The Morgan fingerprint density at radius 1 is 1.35 bits per heavy atom. The van der Waals surface area contributed by atoms with Crippen LogP contribution in [0.1, 0.15) is 27.9 Å². The molecule has 0 atom stereocenters. The Bertz CT molecular complexity index is 491. The van der Waals surface area contributed by atoms with Gasteiger partial charge in [0.05, 0.1) is 12.2 Å². The van der Waals surface area contributed by atoms with E-state index in [-0.39, 0.29) is 0 Å². The fourth-order valence-corrected chi connectivity index (χ4v) is 2.83. The molecule has 0 unspecified atom stereocenters. The average Bonchev–Trinajstić information content (AvgIpc) is 2.80. The van der Waals surface area contributed by atoms with Crippen molar-refractivity contribution in [1.82, 2.24) is 9.55 Å². The molecule has 0 amide bonds. The van der Waals surface area contributed by atoms with Crippen LogP contribution in [0.2, 0.25) is 0 Å². The summed E-state index contributed by atoms with van der Waals surface area (Å²) in [6, 6.07) is 2.25. The van der Waals surface area contributed by atoms with Gasteiger partial charge in [0, 0.05) is 22.5 Å². The van der Waals surface area contributed by atoms with Crippen LogP contribution < -0.4 is 5.32 Å². The molecular formula is C13H19N3S. The van der Waals surface area contributed by atoms with Gasteiger partial charge >= 0.3 is 0 Å². The van der Waals surface area contributed by atoms with Crippen LogP contribution in [0.25, 0.3) is 0 Å². The highest BCUT2D eigenvalue weighted by molar-refractivity contribution is 7.12. The zero-order valence-corrected chi connectivity index (χ0v) is 11.7. The molecule has 0 radical (unpaired) electrons. The van der Waals surface area contributed by atoms with Gasteiger partial charge in [0.25, 0.3) is 0 Å². The predicted molar refractivity (Wildman–Crippen MR) is 73.8 cm³/mol. The summed E-state index contributed by atoms with van der Waals surface area (Å²) in [5.41, 5.74) is 2.44. The average molecular weight is 249 g/mol. The lowest BCUT2D eigenvalue weighted by Gasteiger charge is -2.06. The van der Waals surface area contributed by atoms with Crippen molar-refractivity contribution in [1.29, 1.82) is 0 Å². The van der Waals surface area contributed by atoms with E-state index in [1.54, 1.807) is 0 Å². The van der Waals surface area contributed by atoms with E-state index < -0.39 is 0 Å². The number of imidazole rings is 1. The lowest BCUT2D eigenvalue weighted by atomic mass is 10.3. The highest BCUT2D eigenvalue weighted by Crippen LogP contribution is 2.21. The Hall–Kier alpha value is -1.29. The number of aromatic nitrogens is 2. The minimum atomic E-state index is 0.857. The van der Waals surface area contributed by atoms with E-state index in [1.807, 2.05) is 18.3 Å². The van der Waals surface area contributed by atoms with Crippen LogP contribution in [-0.4, -0.2) is 9.55 Å². The first kappa shape index (κ1) is 12.2. The Morgan fingerprint density at radius 3 is 2.71 bits per heavy atom. The van der Waals surface area contributed by atoms with Gasteiger partial charge in [-0.05, 0) is 39.3 Å². The summed E-state index contributed by atoms with van der Waals surface area (Å²) < 4.78 is 2.14. The molecule has 0 aliphatic carbocycles. The van der Waals surface area contributed by atoms with Crippen molar-refractivity contribution in [2.45, 2.75) is 40.8 Å². The van der Waals surface area contributed by atoms with Crippen molar-refractivity contribution in [3.05, 3.63) is 33.3 Å². The Kier molecular flexibility index (Phi) is 3.52. The van der Waals surface area contributed by atoms with Crippen molar-refractivity contribution in [2.75, 3.05) is 5.32 Å². The zero-order valence-electron chi connectivity index (χ0n) is 10.9. The lowest BCUT2D eigenvalue weighted by Crippen LogP contribution is -2.05. The van der Waals surface area contributed by atoms with E-state index in [4.69, 9.17) is 0 Å². The maximum absolute atomic E-state index is 4.48.